The maximum Gasteiger partial charge on any atom is 0.244 e. The molecule has 1 fully saturated rings. The van der Waals surface area contributed by atoms with Gasteiger partial charge in [0.05, 0.1) is 4.90 Å². The van der Waals surface area contributed by atoms with Gasteiger partial charge in [-0.3, -0.25) is 0 Å². The topological polar surface area (TPSA) is 37.4 Å². The van der Waals surface area contributed by atoms with Crippen LogP contribution in [-0.2, 0) is 10.0 Å². The van der Waals surface area contributed by atoms with Crippen LogP contribution in [0.1, 0.15) is 32.6 Å². The van der Waals surface area contributed by atoms with Crippen molar-refractivity contribution in [2.45, 2.75) is 43.5 Å². The van der Waals surface area contributed by atoms with E-state index in [9.17, 15) is 12.8 Å². The largest absolute Gasteiger partial charge is 0.244 e. The fourth-order valence-corrected chi connectivity index (χ4v) is 5.07. The molecule has 1 aliphatic carbocycles. The highest BCUT2D eigenvalue weighted by Crippen LogP contribution is 2.31. The fraction of sp³-hybridized carbons (Fsp3) is 0.571. The first-order valence-electron chi connectivity index (χ1n) is 6.75. The van der Waals surface area contributed by atoms with Gasteiger partial charge >= 0.3 is 0 Å². The average Bonchev–Trinajstić information content (AvgIpc) is 2.38. The predicted molar refractivity (Wildman–Crippen MR) is 80.5 cm³/mol. The molecule has 0 atom stereocenters. The van der Waals surface area contributed by atoms with Gasteiger partial charge in [-0.15, -0.1) is 0 Å². The number of sulfonamides is 1. The Morgan fingerprint density at radius 1 is 1.25 bits per heavy atom. The Bertz CT molecular complexity index is 583. The Morgan fingerprint density at radius 2 is 1.85 bits per heavy atom. The molecule has 0 spiro atoms. The van der Waals surface area contributed by atoms with Gasteiger partial charge in [-0.1, -0.05) is 6.92 Å². The highest BCUT2D eigenvalue weighted by atomic mass is 79.9. The van der Waals surface area contributed by atoms with Crippen molar-refractivity contribution in [3.05, 3.63) is 28.5 Å². The first-order valence-corrected chi connectivity index (χ1v) is 8.98. The molecule has 1 aromatic rings. The molecule has 0 aliphatic heterocycles. The lowest BCUT2D eigenvalue weighted by Gasteiger charge is -2.33. The van der Waals surface area contributed by atoms with E-state index in [0.717, 1.165) is 25.7 Å². The van der Waals surface area contributed by atoms with E-state index in [0.29, 0.717) is 5.92 Å². The minimum absolute atomic E-state index is 0.0353. The number of benzene rings is 1. The molecule has 0 amide bonds. The van der Waals surface area contributed by atoms with Gasteiger partial charge in [0.2, 0.25) is 10.0 Å². The predicted octanol–water partition coefficient (Wildman–Crippen LogP) is 3.79. The smallest absolute Gasteiger partial charge is 0.207 e. The zero-order valence-corrected chi connectivity index (χ0v) is 14.0. The number of nitrogens with zero attached hydrogens (tertiary/aromatic N) is 1. The van der Waals surface area contributed by atoms with E-state index in [4.69, 9.17) is 0 Å². The lowest BCUT2D eigenvalue weighted by molar-refractivity contribution is 0.246. The van der Waals surface area contributed by atoms with E-state index in [-0.39, 0.29) is 15.4 Å². The Kier molecular flexibility index (Phi) is 4.87. The summed E-state index contributed by atoms with van der Waals surface area (Å²) in [5.74, 6) is 0.213. The zero-order chi connectivity index (χ0) is 14.9. The second-order valence-electron chi connectivity index (χ2n) is 5.51. The second kappa shape index (κ2) is 6.12. The lowest BCUT2D eigenvalue weighted by Crippen LogP contribution is -2.39. The molecule has 0 aromatic heterocycles. The summed E-state index contributed by atoms with van der Waals surface area (Å²) >= 11 is 3.14. The molecule has 0 N–H and O–H groups in total. The van der Waals surface area contributed by atoms with Crippen molar-refractivity contribution < 1.29 is 12.8 Å². The summed E-state index contributed by atoms with van der Waals surface area (Å²) in [6.07, 6.45) is 3.87. The normalized spacial score (nSPS) is 24.1. The van der Waals surface area contributed by atoms with Gasteiger partial charge in [-0.2, -0.15) is 4.31 Å². The molecule has 112 valence electrons. The van der Waals surface area contributed by atoms with Crippen LogP contribution in [0.3, 0.4) is 0 Å². The third-order valence-corrected chi connectivity index (χ3v) is 6.94. The summed E-state index contributed by atoms with van der Waals surface area (Å²) in [5.41, 5.74) is 0. The van der Waals surface area contributed by atoms with E-state index in [2.05, 4.69) is 22.9 Å². The molecular formula is C14H19BrFNO2S. The van der Waals surface area contributed by atoms with Crippen molar-refractivity contribution in [1.29, 1.82) is 0 Å². The van der Waals surface area contributed by atoms with Crippen molar-refractivity contribution in [3.8, 4) is 0 Å². The molecule has 0 radical (unpaired) electrons. The van der Waals surface area contributed by atoms with Crippen LogP contribution >= 0.6 is 15.9 Å². The molecule has 0 unspecified atom stereocenters. The molecule has 20 heavy (non-hydrogen) atoms. The van der Waals surface area contributed by atoms with Gasteiger partial charge in [0, 0.05) is 17.6 Å². The van der Waals surface area contributed by atoms with Crippen LogP contribution in [0.2, 0.25) is 0 Å². The maximum atomic E-state index is 13.1. The van der Waals surface area contributed by atoms with Gasteiger partial charge in [-0.25, -0.2) is 12.8 Å². The summed E-state index contributed by atoms with van der Waals surface area (Å²) in [5, 5.41) is 0. The van der Waals surface area contributed by atoms with Crippen LogP contribution < -0.4 is 0 Å². The van der Waals surface area contributed by atoms with E-state index in [1.807, 2.05) is 0 Å². The van der Waals surface area contributed by atoms with Crippen molar-refractivity contribution in [2.24, 2.45) is 5.92 Å². The number of halogens is 2. The Morgan fingerprint density at radius 3 is 2.40 bits per heavy atom. The molecule has 0 bridgehead atoms. The molecular weight excluding hydrogens is 345 g/mol. The second-order valence-corrected chi connectivity index (χ2v) is 8.33. The van der Waals surface area contributed by atoms with E-state index < -0.39 is 15.8 Å². The molecule has 6 heteroatoms. The molecule has 2 rings (SSSR count). The lowest BCUT2D eigenvalue weighted by atomic mass is 9.87. The van der Waals surface area contributed by atoms with Crippen LogP contribution in [0, 0.1) is 11.7 Å². The van der Waals surface area contributed by atoms with Crippen LogP contribution in [0.5, 0.6) is 0 Å². The highest BCUT2D eigenvalue weighted by Gasteiger charge is 2.31. The van der Waals surface area contributed by atoms with Gasteiger partial charge in [0.1, 0.15) is 5.82 Å². The Hall–Kier alpha value is -0.460. The highest BCUT2D eigenvalue weighted by molar-refractivity contribution is 9.10. The van der Waals surface area contributed by atoms with Gasteiger partial charge in [0.15, 0.2) is 0 Å². The van der Waals surface area contributed by atoms with Crippen molar-refractivity contribution in [1.82, 2.24) is 4.31 Å². The van der Waals surface area contributed by atoms with Crippen molar-refractivity contribution in [3.63, 3.8) is 0 Å². The SMILES string of the molecule is CC1CCC(N(C)S(=O)(=O)c2ccc(F)cc2Br)CC1. The van der Waals surface area contributed by atoms with Crippen LogP contribution in [0.15, 0.2) is 27.6 Å². The zero-order valence-electron chi connectivity index (χ0n) is 11.6. The summed E-state index contributed by atoms with van der Waals surface area (Å²) in [4.78, 5) is 0.125. The minimum Gasteiger partial charge on any atom is -0.207 e. The first-order chi connectivity index (χ1) is 9.32. The average molecular weight is 364 g/mol. The van der Waals surface area contributed by atoms with Crippen LogP contribution in [0.25, 0.3) is 0 Å². The Balaban J connectivity index is 2.25. The number of rotatable bonds is 3. The van der Waals surface area contributed by atoms with Crippen LogP contribution in [-0.4, -0.2) is 25.8 Å². The van der Waals surface area contributed by atoms with Crippen LogP contribution in [0.4, 0.5) is 4.39 Å². The third-order valence-electron chi connectivity index (χ3n) is 4.05. The first kappa shape index (κ1) is 15.9. The maximum absolute atomic E-state index is 13.1. The van der Waals surface area contributed by atoms with E-state index >= 15 is 0 Å². The molecule has 1 saturated carbocycles. The van der Waals surface area contributed by atoms with Gasteiger partial charge in [0.25, 0.3) is 0 Å². The summed E-state index contributed by atoms with van der Waals surface area (Å²) in [6.45, 7) is 2.20. The minimum atomic E-state index is -3.58. The van der Waals surface area contributed by atoms with Crippen molar-refractivity contribution >= 4 is 26.0 Å². The van der Waals surface area contributed by atoms with E-state index in [1.54, 1.807) is 7.05 Å². The molecule has 1 aliphatic rings. The fourth-order valence-electron chi connectivity index (χ4n) is 2.64. The summed E-state index contributed by atoms with van der Waals surface area (Å²) in [7, 11) is -1.97. The van der Waals surface area contributed by atoms with Gasteiger partial charge in [-0.05, 0) is 65.7 Å². The Labute approximate surface area is 128 Å². The van der Waals surface area contributed by atoms with Gasteiger partial charge < -0.3 is 0 Å². The number of hydrogen-bond acceptors (Lipinski definition) is 2. The van der Waals surface area contributed by atoms with Crippen molar-refractivity contribution in [2.75, 3.05) is 7.05 Å². The number of hydrogen-bond donors (Lipinski definition) is 0. The molecule has 3 nitrogen and oxygen atoms in total. The molecule has 0 saturated heterocycles. The van der Waals surface area contributed by atoms with E-state index in [1.165, 1.54) is 22.5 Å². The molecule has 1 aromatic carbocycles. The summed E-state index contributed by atoms with van der Waals surface area (Å²) in [6, 6.07) is 3.71. The third kappa shape index (κ3) is 3.23. The molecule has 0 heterocycles. The quantitative estimate of drug-likeness (QED) is 0.819. The monoisotopic (exact) mass is 363 g/mol. The summed E-state index contributed by atoms with van der Waals surface area (Å²) < 4.78 is 40.0. The standard InChI is InChI=1S/C14H19BrFNO2S/c1-10-3-6-12(7-4-10)17(2)20(18,19)14-8-5-11(16)9-13(14)15/h5,8-10,12H,3-4,6-7H2,1-2H3.